The monoisotopic (exact) mass is 614 g/mol. The Hall–Kier alpha value is -3.60. The van der Waals surface area contributed by atoms with Gasteiger partial charge in [-0.05, 0) is 83.0 Å². The summed E-state index contributed by atoms with van der Waals surface area (Å²) in [6.07, 6.45) is 0. The first-order chi connectivity index (χ1) is 18.2. The number of Topliss-reactive ketones (excluding diaryl/α,β-unsaturated/α-hetero) is 1. The van der Waals surface area contributed by atoms with E-state index in [0.717, 1.165) is 4.70 Å². The van der Waals surface area contributed by atoms with Crippen LogP contribution in [0.3, 0.4) is 0 Å². The number of carbonyl (C=O) groups is 2. The fourth-order valence-corrected chi connectivity index (χ4v) is 5.87. The van der Waals surface area contributed by atoms with E-state index < -0.39 is 17.7 Å². The molecule has 3 aromatic carbocycles. The fourth-order valence-electron chi connectivity index (χ4n) is 4.27. The van der Waals surface area contributed by atoms with E-state index in [4.69, 9.17) is 21.1 Å². The normalized spacial score (nSPS) is 16.8. The number of ether oxygens (including phenoxy) is 2. The number of ketones is 1. The number of nitrogens with zero attached hydrogens (tertiary/aromatic N) is 2. The summed E-state index contributed by atoms with van der Waals surface area (Å²) in [5.74, 6) is -1.46. The first-order valence-corrected chi connectivity index (χ1v) is 13.4. The third-order valence-corrected chi connectivity index (χ3v) is 7.89. The molecule has 0 radical (unpaired) electrons. The number of aromatic hydroxyl groups is 1. The number of anilines is 1. The molecule has 8 nitrogen and oxygen atoms in total. The number of fused-ring (bicyclic) bond motifs is 1. The van der Waals surface area contributed by atoms with Crippen molar-refractivity contribution in [1.82, 2.24) is 4.98 Å². The number of phenolic OH excluding ortho intramolecular Hbond substituents is 1. The Morgan fingerprint density at radius 2 is 1.89 bits per heavy atom. The van der Waals surface area contributed by atoms with Crippen molar-refractivity contribution in [3.05, 3.63) is 80.8 Å². The van der Waals surface area contributed by atoms with Crippen molar-refractivity contribution < 1.29 is 29.3 Å². The van der Waals surface area contributed by atoms with Crippen LogP contribution in [0.2, 0.25) is 5.02 Å². The summed E-state index contributed by atoms with van der Waals surface area (Å²) in [6, 6.07) is 13.7. The molecule has 1 unspecified atom stereocenters. The van der Waals surface area contributed by atoms with Crippen LogP contribution in [0.1, 0.15) is 24.1 Å². The Balaban J connectivity index is 1.74. The molecular formula is C27H20BrClN2O6S. The van der Waals surface area contributed by atoms with Crippen LogP contribution in [-0.2, 0) is 9.59 Å². The van der Waals surface area contributed by atoms with Crippen LogP contribution < -0.4 is 14.4 Å². The van der Waals surface area contributed by atoms with Gasteiger partial charge in [-0.15, -0.1) is 0 Å². The van der Waals surface area contributed by atoms with E-state index in [1.165, 1.54) is 29.4 Å². The topological polar surface area (TPSA) is 109 Å². The molecule has 1 aliphatic rings. The molecule has 5 rings (SSSR count). The molecule has 1 aromatic heterocycles. The van der Waals surface area contributed by atoms with Gasteiger partial charge in [0.15, 0.2) is 16.6 Å². The highest BCUT2D eigenvalue weighted by Crippen LogP contribution is 2.47. The Morgan fingerprint density at radius 1 is 1.16 bits per heavy atom. The number of phenols is 1. The van der Waals surface area contributed by atoms with E-state index >= 15 is 0 Å². The summed E-state index contributed by atoms with van der Waals surface area (Å²) in [7, 11) is 1.39. The van der Waals surface area contributed by atoms with Crippen LogP contribution in [0.25, 0.3) is 16.0 Å². The van der Waals surface area contributed by atoms with E-state index in [2.05, 4.69) is 20.9 Å². The summed E-state index contributed by atoms with van der Waals surface area (Å²) < 4.78 is 11.9. The van der Waals surface area contributed by atoms with Gasteiger partial charge in [0.05, 0.1) is 40.0 Å². The van der Waals surface area contributed by atoms with E-state index in [1.807, 2.05) is 13.0 Å². The maximum atomic E-state index is 13.5. The average molecular weight is 616 g/mol. The zero-order chi connectivity index (χ0) is 27.1. The number of aromatic nitrogens is 1. The first-order valence-electron chi connectivity index (χ1n) is 11.4. The minimum absolute atomic E-state index is 0.122. The van der Waals surface area contributed by atoms with Gasteiger partial charge >= 0.3 is 5.91 Å². The van der Waals surface area contributed by atoms with E-state index in [0.29, 0.717) is 34.0 Å². The summed E-state index contributed by atoms with van der Waals surface area (Å²) in [5.41, 5.74) is 1.21. The molecular weight excluding hydrogens is 596 g/mol. The second-order valence-electron chi connectivity index (χ2n) is 8.29. The predicted molar refractivity (Wildman–Crippen MR) is 149 cm³/mol. The molecule has 0 bridgehead atoms. The number of hydrogen-bond acceptors (Lipinski definition) is 8. The lowest BCUT2D eigenvalue weighted by Gasteiger charge is -2.24. The van der Waals surface area contributed by atoms with Crippen molar-refractivity contribution >= 4 is 71.7 Å². The maximum absolute atomic E-state index is 13.5. The second-order valence-corrected chi connectivity index (χ2v) is 10.6. The number of rotatable bonds is 6. The molecule has 11 heteroatoms. The number of hydrogen-bond donors (Lipinski definition) is 2. The largest absolute Gasteiger partial charge is 0.507 e. The molecule has 2 heterocycles. The number of thiazole rings is 1. The Bertz CT molecular complexity index is 1620. The first kappa shape index (κ1) is 26.0. The molecule has 4 aromatic rings. The number of aliphatic hydroxyl groups is 1. The van der Waals surface area contributed by atoms with E-state index in [1.54, 1.807) is 42.5 Å². The number of amides is 1. The number of aliphatic hydroxyl groups excluding tert-OH is 1. The molecule has 1 amide bonds. The highest BCUT2D eigenvalue weighted by Gasteiger charge is 2.48. The second kappa shape index (κ2) is 10.3. The molecule has 1 saturated heterocycles. The minimum atomic E-state index is -1.07. The third kappa shape index (κ3) is 4.48. The molecule has 0 saturated carbocycles. The van der Waals surface area contributed by atoms with Crippen LogP contribution in [-0.4, -0.2) is 40.6 Å². The van der Waals surface area contributed by atoms with Crippen molar-refractivity contribution in [1.29, 1.82) is 0 Å². The van der Waals surface area contributed by atoms with E-state index in [9.17, 15) is 19.8 Å². The van der Waals surface area contributed by atoms with Gasteiger partial charge in [0.1, 0.15) is 11.5 Å². The lowest BCUT2D eigenvalue weighted by atomic mass is 9.95. The molecule has 0 aliphatic carbocycles. The molecule has 0 spiro atoms. The quantitative estimate of drug-likeness (QED) is 0.146. The van der Waals surface area contributed by atoms with Crippen molar-refractivity contribution in [3.63, 3.8) is 0 Å². The number of methoxy groups -OCH3 is 1. The van der Waals surface area contributed by atoms with Gasteiger partial charge in [-0.1, -0.05) is 22.9 Å². The summed E-state index contributed by atoms with van der Waals surface area (Å²) in [6.45, 7) is 2.38. The Kier molecular flexibility index (Phi) is 7.04. The molecule has 1 aliphatic heterocycles. The van der Waals surface area contributed by atoms with Crippen LogP contribution in [0.4, 0.5) is 5.13 Å². The van der Waals surface area contributed by atoms with Crippen molar-refractivity contribution in [2.45, 2.75) is 13.0 Å². The summed E-state index contributed by atoms with van der Waals surface area (Å²) in [4.78, 5) is 32.8. The lowest BCUT2D eigenvalue weighted by Crippen LogP contribution is -2.29. The van der Waals surface area contributed by atoms with Crippen molar-refractivity contribution in [2.75, 3.05) is 18.6 Å². The Morgan fingerprint density at radius 3 is 2.58 bits per heavy atom. The Labute approximate surface area is 234 Å². The molecule has 1 atom stereocenters. The maximum Gasteiger partial charge on any atom is 0.301 e. The van der Waals surface area contributed by atoms with Crippen LogP contribution in [0, 0.1) is 0 Å². The van der Waals surface area contributed by atoms with Gasteiger partial charge < -0.3 is 19.7 Å². The molecule has 2 N–H and O–H groups in total. The van der Waals surface area contributed by atoms with Gasteiger partial charge in [-0.25, -0.2) is 4.98 Å². The van der Waals surface area contributed by atoms with Crippen molar-refractivity contribution in [3.8, 4) is 17.2 Å². The van der Waals surface area contributed by atoms with Gasteiger partial charge in [-0.2, -0.15) is 0 Å². The van der Waals surface area contributed by atoms with Gasteiger partial charge in [0, 0.05) is 10.6 Å². The predicted octanol–water partition coefficient (Wildman–Crippen LogP) is 6.45. The van der Waals surface area contributed by atoms with Gasteiger partial charge in [0.2, 0.25) is 0 Å². The van der Waals surface area contributed by atoms with Crippen LogP contribution in [0.15, 0.2) is 64.6 Å². The van der Waals surface area contributed by atoms with E-state index in [-0.39, 0.29) is 32.4 Å². The zero-order valence-electron chi connectivity index (χ0n) is 20.1. The smallest absolute Gasteiger partial charge is 0.301 e. The highest BCUT2D eigenvalue weighted by atomic mass is 79.9. The number of carbonyl (C=O) groups excluding carboxylic acids is 2. The third-order valence-electron chi connectivity index (χ3n) is 6.01. The molecule has 1 fully saturated rings. The SMILES string of the molecule is CCOc1ccc2nc(N3C(=O)C(=O)/C(=C(/O)c4ccc(Cl)cc4)C3c3cc(Br)c(O)c(OC)c3)sc2c1. The average Bonchev–Trinajstić information content (AvgIpc) is 3.43. The molecule has 194 valence electrons. The lowest BCUT2D eigenvalue weighted by molar-refractivity contribution is -0.132. The van der Waals surface area contributed by atoms with Gasteiger partial charge in [0.25, 0.3) is 5.78 Å². The summed E-state index contributed by atoms with van der Waals surface area (Å²) in [5, 5.41) is 22.4. The number of benzene rings is 3. The molecule has 38 heavy (non-hydrogen) atoms. The van der Waals surface area contributed by atoms with Crippen LogP contribution >= 0.6 is 38.9 Å². The van der Waals surface area contributed by atoms with Crippen LogP contribution in [0.5, 0.6) is 17.2 Å². The van der Waals surface area contributed by atoms with Gasteiger partial charge in [-0.3, -0.25) is 14.5 Å². The highest BCUT2D eigenvalue weighted by molar-refractivity contribution is 9.10. The standard InChI is InChI=1S/C27H20BrClN2O6S/c1-3-37-16-8-9-18-20(12-16)38-27(30-18)31-22(14-10-17(28)24(33)19(11-14)36-2)21(25(34)26(31)35)23(32)13-4-6-15(29)7-5-13/h4-12,22,32-33H,3H2,1-2H3/b23-21+. The number of halogens is 2. The summed E-state index contributed by atoms with van der Waals surface area (Å²) >= 11 is 10.5. The fraction of sp³-hybridized carbons (Fsp3) is 0.148. The van der Waals surface area contributed by atoms with Crippen molar-refractivity contribution in [2.24, 2.45) is 0 Å². The zero-order valence-corrected chi connectivity index (χ0v) is 23.2. The minimum Gasteiger partial charge on any atom is -0.507 e.